The molecule has 7 heteroatoms. The van der Waals surface area contributed by atoms with Gasteiger partial charge in [0, 0.05) is 13.1 Å². The van der Waals surface area contributed by atoms with Crippen LogP contribution in [-0.4, -0.2) is 47.4 Å². The summed E-state index contributed by atoms with van der Waals surface area (Å²) in [5.74, 6) is 2.16. The number of nitrogens with two attached hydrogens (primary N) is 2. The number of aliphatic hydroxyl groups is 2. The molecule has 0 aliphatic heterocycles. The van der Waals surface area contributed by atoms with Crippen molar-refractivity contribution in [1.29, 1.82) is 0 Å². The van der Waals surface area contributed by atoms with Gasteiger partial charge in [-0.25, -0.2) is 0 Å². The molecule has 7 nitrogen and oxygen atoms in total. The van der Waals surface area contributed by atoms with E-state index < -0.39 is 12.2 Å². The molecule has 0 spiro atoms. The van der Waals surface area contributed by atoms with Gasteiger partial charge >= 0.3 is 0 Å². The van der Waals surface area contributed by atoms with Crippen molar-refractivity contribution in [3.05, 3.63) is 23.8 Å². The quantitative estimate of drug-likeness (QED) is 0.182. The minimum absolute atomic E-state index is 0.0148. The molecule has 176 valence electrons. The maximum Gasteiger partial charge on any atom is 0.222 e. The van der Waals surface area contributed by atoms with Crippen molar-refractivity contribution in [3.8, 4) is 0 Å². The third kappa shape index (κ3) is 9.03. The average Bonchev–Trinajstić information content (AvgIpc) is 2.69. The number of carbonyl (C=O) groups excluding carboxylic acids is 1. The van der Waals surface area contributed by atoms with Crippen LogP contribution in [0.3, 0.4) is 0 Å². The van der Waals surface area contributed by atoms with Crippen molar-refractivity contribution in [2.75, 3.05) is 13.1 Å². The SMILES string of the molecule is C[C@H]1C=C2C=C[C@H](C)[C@H](CC[C@@H](O)C[C@@H](O)CC(=O)NCCCCN=C(N)N)[C@H]2CC1. The molecule has 31 heavy (non-hydrogen) atoms. The lowest BCUT2D eigenvalue weighted by Gasteiger charge is -2.39. The molecule has 0 aromatic heterocycles. The predicted molar refractivity (Wildman–Crippen MR) is 125 cm³/mol. The minimum atomic E-state index is -0.827. The summed E-state index contributed by atoms with van der Waals surface area (Å²) in [6.45, 7) is 5.60. The van der Waals surface area contributed by atoms with E-state index in [1.807, 2.05) is 0 Å². The highest BCUT2D eigenvalue weighted by atomic mass is 16.3. The lowest BCUT2D eigenvalue weighted by atomic mass is 9.66. The number of unbranched alkanes of at least 4 members (excludes halogenated alkanes) is 1. The summed E-state index contributed by atoms with van der Waals surface area (Å²) < 4.78 is 0. The van der Waals surface area contributed by atoms with Crippen molar-refractivity contribution in [3.63, 3.8) is 0 Å². The molecule has 6 atom stereocenters. The molecular weight excluding hydrogens is 392 g/mol. The van der Waals surface area contributed by atoms with Gasteiger partial charge in [-0.1, -0.05) is 32.1 Å². The minimum Gasteiger partial charge on any atom is -0.393 e. The lowest BCUT2D eigenvalue weighted by Crippen LogP contribution is -2.31. The van der Waals surface area contributed by atoms with Gasteiger partial charge in [-0.2, -0.15) is 0 Å². The molecule has 0 radical (unpaired) electrons. The fraction of sp³-hybridized carbons (Fsp3) is 0.750. The number of hydrogen-bond donors (Lipinski definition) is 5. The Morgan fingerprint density at radius 3 is 2.74 bits per heavy atom. The number of nitrogens with zero attached hydrogens (tertiary/aromatic N) is 1. The van der Waals surface area contributed by atoms with Crippen molar-refractivity contribution < 1.29 is 15.0 Å². The van der Waals surface area contributed by atoms with E-state index in [4.69, 9.17) is 11.5 Å². The highest BCUT2D eigenvalue weighted by molar-refractivity contribution is 5.76. The summed E-state index contributed by atoms with van der Waals surface area (Å²) in [7, 11) is 0. The summed E-state index contributed by atoms with van der Waals surface area (Å²) in [5, 5.41) is 23.5. The second-order valence-corrected chi connectivity index (χ2v) is 9.40. The second kappa shape index (κ2) is 12.9. The Kier molecular flexibility index (Phi) is 10.5. The second-order valence-electron chi connectivity index (χ2n) is 9.40. The van der Waals surface area contributed by atoms with E-state index >= 15 is 0 Å². The van der Waals surface area contributed by atoms with Gasteiger partial charge in [0.2, 0.25) is 5.91 Å². The van der Waals surface area contributed by atoms with Crippen LogP contribution in [0.1, 0.15) is 65.2 Å². The molecular formula is C24H42N4O3. The smallest absolute Gasteiger partial charge is 0.222 e. The number of hydrogen-bond acceptors (Lipinski definition) is 4. The molecule has 0 saturated carbocycles. The van der Waals surface area contributed by atoms with Crippen LogP contribution in [0.2, 0.25) is 0 Å². The lowest BCUT2D eigenvalue weighted by molar-refractivity contribution is -0.123. The molecule has 0 saturated heterocycles. The van der Waals surface area contributed by atoms with E-state index in [1.165, 1.54) is 18.4 Å². The zero-order valence-corrected chi connectivity index (χ0v) is 19.2. The van der Waals surface area contributed by atoms with Crippen LogP contribution in [0.25, 0.3) is 0 Å². The third-order valence-electron chi connectivity index (χ3n) is 6.62. The maximum atomic E-state index is 12.0. The molecule has 0 heterocycles. The summed E-state index contributed by atoms with van der Waals surface area (Å²) in [4.78, 5) is 15.9. The fourth-order valence-electron chi connectivity index (χ4n) is 4.88. The number of rotatable bonds is 12. The molecule has 7 N–H and O–H groups in total. The van der Waals surface area contributed by atoms with Crippen molar-refractivity contribution in [2.45, 2.75) is 77.4 Å². The number of amides is 1. The Bertz CT molecular complexity index is 657. The van der Waals surface area contributed by atoms with Crippen molar-refractivity contribution in [2.24, 2.45) is 40.1 Å². The zero-order valence-electron chi connectivity index (χ0n) is 19.2. The van der Waals surface area contributed by atoms with Crippen molar-refractivity contribution in [1.82, 2.24) is 5.32 Å². The standard InChI is InChI=1S/C24H42N4O3/c1-16-5-9-22-18(13-16)7-6-17(2)21(22)10-8-19(29)14-20(30)15-23(31)27-11-3-4-12-28-24(25)26/h6-7,13,16-17,19-22,29-30H,3-5,8-12,14-15H2,1-2H3,(H,27,31)(H4,25,26,28)/t16-,17+,19-,20-,21+,22+/m1/s1. The van der Waals surface area contributed by atoms with Gasteiger partial charge in [-0.15, -0.1) is 0 Å². The predicted octanol–water partition coefficient (Wildman–Crippen LogP) is 2.23. The molecule has 0 bridgehead atoms. The molecule has 0 fully saturated rings. The molecule has 0 aromatic rings. The van der Waals surface area contributed by atoms with E-state index in [2.05, 4.69) is 42.4 Å². The van der Waals surface area contributed by atoms with Crippen LogP contribution in [-0.2, 0) is 4.79 Å². The monoisotopic (exact) mass is 434 g/mol. The van der Waals surface area contributed by atoms with Crippen LogP contribution < -0.4 is 16.8 Å². The van der Waals surface area contributed by atoms with Crippen LogP contribution in [0.15, 0.2) is 28.8 Å². The number of fused-ring (bicyclic) bond motifs is 1. The van der Waals surface area contributed by atoms with Crippen molar-refractivity contribution >= 4 is 11.9 Å². The Balaban J connectivity index is 1.66. The average molecular weight is 435 g/mol. The molecule has 0 aromatic carbocycles. The Morgan fingerprint density at radius 2 is 2.00 bits per heavy atom. The third-order valence-corrected chi connectivity index (χ3v) is 6.62. The van der Waals surface area contributed by atoms with Crippen LogP contribution >= 0.6 is 0 Å². The fourth-order valence-corrected chi connectivity index (χ4v) is 4.88. The maximum absolute atomic E-state index is 12.0. The largest absolute Gasteiger partial charge is 0.393 e. The topological polar surface area (TPSA) is 134 Å². The number of carbonyl (C=O) groups is 1. The van der Waals surface area contributed by atoms with Gasteiger partial charge in [-0.3, -0.25) is 9.79 Å². The first-order chi connectivity index (χ1) is 14.8. The van der Waals surface area contributed by atoms with E-state index in [-0.39, 0.29) is 24.7 Å². The first kappa shape index (κ1) is 25.4. The van der Waals surface area contributed by atoms with Crippen LogP contribution in [0, 0.1) is 23.7 Å². The van der Waals surface area contributed by atoms with Gasteiger partial charge in [0.15, 0.2) is 5.96 Å². The summed E-state index contributed by atoms with van der Waals surface area (Å²) >= 11 is 0. The number of aliphatic hydroxyl groups excluding tert-OH is 2. The number of aliphatic imine (C=N–C) groups is 1. The number of nitrogens with one attached hydrogen (secondary N) is 1. The van der Waals surface area contributed by atoms with Gasteiger partial charge in [0.05, 0.1) is 18.6 Å². The normalized spacial score (nSPS) is 27.0. The first-order valence-electron chi connectivity index (χ1n) is 11.8. The van der Waals surface area contributed by atoms with E-state index in [1.54, 1.807) is 0 Å². The molecule has 1 amide bonds. The number of guanidine groups is 1. The Hall–Kier alpha value is -1.86. The van der Waals surface area contributed by atoms with E-state index in [0.29, 0.717) is 43.2 Å². The first-order valence-corrected chi connectivity index (χ1v) is 11.8. The summed E-state index contributed by atoms with van der Waals surface area (Å²) in [5.41, 5.74) is 12.0. The highest BCUT2D eigenvalue weighted by Gasteiger charge is 2.33. The van der Waals surface area contributed by atoms with Gasteiger partial charge < -0.3 is 27.0 Å². The van der Waals surface area contributed by atoms with Gasteiger partial charge in [-0.05, 0) is 74.2 Å². The van der Waals surface area contributed by atoms with Gasteiger partial charge in [0.25, 0.3) is 0 Å². The Labute approximate surface area is 187 Å². The molecule has 2 aliphatic rings. The van der Waals surface area contributed by atoms with E-state index in [9.17, 15) is 15.0 Å². The molecule has 0 unspecified atom stereocenters. The zero-order chi connectivity index (χ0) is 22.8. The summed E-state index contributed by atoms with van der Waals surface area (Å²) in [6.07, 6.45) is 11.4. The highest BCUT2D eigenvalue weighted by Crippen LogP contribution is 2.43. The van der Waals surface area contributed by atoms with Gasteiger partial charge in [0.1, 0.15) is 0 Å². The molecule has 2 rings (SSSR count). The number of allylic oxidation sites excluding steroid dienone is 4. The van der Waals surface area contributed by atoms with Crippen LogP contribution in [0.4, 0.5) is 0 Å². The van der Waals surface area contributed by atoms with E-state index in [0.717, 1.165) is 19.3 Å². The molecule has 2 aliphatic carbocycles. The van der Waals surface area contributed by atoms with Crippen LogP contribution in [0.5, 0.6) is 0 Å². The summed E-state index contributed by atoms with van der Waals surface area (Å²) in [6, 6.07) is 0. The Morgan fingerprint density at radius 1 is 1.23 bits per heavy atom.